The predicted molar refractivity (Wildman–Crippen MR) is 93.8 cm³/mol. The molecule has 0 aromatic heterocycles. The Bertz CT molecular complexity index is 670. The Balaban J connectivity index is 2.24. The van der Waals surface area contributed by atoms with E-state index in [-0.39, 0.29) is 5.91 Å². The average molecular weight is 362 g/mol. The van der Waals surface area contributed by atoms with E-state index < -0.39 is 0 Å². The molecule has 0 saturated carbocycles. The molecule has 2 aromatic rings. The molecule has 116 valence electrons. The van der Waals surface area contributed by atoms with Gasteiger partial charge >= 0.3 is 0 Å². The number of para-hydroxylation sites is 1. The zero-order chi connectivity index (χ0) is 16.1. The third-order valence-electron chi connectivity index (χ3n) is 3.77. The summed E-state index contributed by atoms with van der Waals surface area (Å²) in [6.07, 6.45) is 1.03. The van der Waals surface area contributed by atoms with Crippen molar-refractivity contribution in [3.63, 3.8) is 0 Å². The van der Waals surface area contributed by atoms with Crippen molar-refractivity contribution in [1.29, 1.82) is 0 Å². The second-order valence-corrected chi connectivity index (χ2v) is 6.05. The highest BCUT2D eigenvalue weighted by Crippen LogP contribution is 2.28. The van der Waals surface area contributed by atoms with Crippen LogP contribution in [0, 0.1) is 0 Å². The Morgan fingerprint density at radius 2 is 2.00 bits per heavy atom. The summed E-state index contributed by atoms with van der Waals surface area (Å²) in [5, 5.41) is 3.01. The fourth-order valence-electron chi connectivity index (χ4n) is 2.26. The number of hydrogen-bond donors (Lipinski definition) is 1. The molecule has 1 unspecified atom stereocenters. The molecule has 0 aliphatic carbocycles. The molecule has 0 heterocycles. The fraction of sp³-hybridized carbons (Fsp3) is 0.278. The summed E-state index contributed by atoms with van der Waals surface area (Å²) in [6, 6.07) is 13.2. The third-order valence-corrected chi connectivity index (χ3v) is 4.39. The molecule has 0 bridgehead atoms. The molecule has 1 atom stereocenters. The number of rotatable bonds is 5. The maximum Gasteiger partial charge on any atom is 0.255 e. The van der Waals surface area contributed by atoms with Crippen LogP contribution in [0.25, 0.3) is 0 Å². The summed E-state index contributed by atoms with van der Waals surface area (Å²) < 4.78 is 5.95. The molecule has 3 nitrogen and oxygen atoms in total. The molecule has 0 spiro atoms. The summed E-state index contributed by atoms with van der Waals surface area (Å²) in [5.74, 6) is 0.981. The first-order valence-electron chi connectivity index (χ1n) is 7.30. The van der Waals surface area contributed by atoms with Crippen LogP contribution in [0.3, 0.4) is 0 Å². The van der Waals surface area contributed by atoms with Crippen LogP contribution in [-0.4, -0.2) is 13.0 Å². The first-order valence-corrected chi connectivity index (χ1v) is 8.10. The van der Waals surface area contributed by atoms with E-state index in [2.05, 4.69) is 41.2 Å². The number of nitrogens with one attached hydrogen (secondary N) is 1. The van der Waals surface area contributed by atoms with E-state index in [9.17, 15) is 4.79 Å². The van der Waals surface area contributed by atoms with Gasteiger partial charge in [-0.2, -0.15) is 0 Å². The summed E-state index contributed by atoms with van der Waals surface area (Å²) in [4.78, 5) is 12.5. The number of anilines is 1. The SMILES string of the molecule is CCC(C)c1ccccc1NC(=O)c1ccc(OC)c(Br)c1. The molecular weight excluding hydrogens is 342 g/mol. The average Bonchev–Trinajstić information content (AvgIpc) is 2.54. The number of halogens is 1. The van der Waals surface area contributed by atoms with Gasteiger partial charge in [0, 0.05) is 11.3 Å². The number of hydrogen-bond acceptors (Lipinski definition) is 2. The number of carbonyl (C=O) groups excluding carboxylic acids is 1. The van der Waals surface area contributed by atoms with Crippen molar-refractivity contribution in [2.75, 3.05) is 12.4 Å². The molecule has 2 rings (SSSR count). The summed E-state index contributed by atoms with van der Waals surface area (Å²) >= 11 is 3.40. The van der Waals surface area contributed by atoms with Gasteiger partial charge in [0.25, 0.3) is 5.91 Å². The number of benzene rings is 2. The molecule has 0 radical (unpaired) electrons. The molecule has 0 fully saturated rings. The maximum absolute atomic E-state index is 12.5. The van der Waals surface area contributed by atoms with Gasteiger partial charge in [0.1, 0.15) is 5.75 Å². The highest BCUT2D eigenvalue weighted by atomic mass is 79.9. The van der Waals surface area contributed by atoms with E-state index in [1.165, 1.54) is 0 Å². The van der Waals surface area contributed by atoms with E-state index in [0.717, 1.165) is 22.1 Å². The van der Waals surface area contributed by atoms with E-state index in [1.807, 2.05) is 18.2 Å². The van der Waals surface area contributed by atoms with Gasteiger partial charge in [-0.1, -0.05) is 32.0 Å². The maximum atomic E-state index is 12.5. The van der Waals surface area contributed by atoms with E-state index in [1.54, 1.807) is 25.3 Å². The Morgan fingerprint density at radius 1 is 1.27 bits per heavy atom. The highest BCUT2D eigenvalue weighted by molar-refractivity contribution is 9.10. The number of amides is 1. The standard InChI is InChI=1S/C18H20BrNO2/c1-4-12(2)14-7-5-6-8-16(14)20-18(21)13-9-10-17(22-3)15(19)11-13/h5-12H,4H2,1-3H3,(H,20,21). The molecule has 0 aliphatic rings. The summed E-state index contributed by atoms with van der Waals surface area (Å²) in [6.45, 7) is 4.30. The Hall–Kier alpha value is -1.81. The van der Waals surface area contributed by atoms with Crippen molar-refractivity contribution < 1.29 is 9.53 Å². The molecule has 0 saturated heterocycles. The van der Waals surface area contributed by atoms with Crippen LogP contribution in [0.1, 0.15) is 42.1 Å². The lowest BCUT2D eigenvalue weighted by Gasteiger charge is -2.16. The minimum absolute atomic E-state index is 0.126. The van der Waals surface area contributed by atoms with Crippen LogP contribution in [0.2, 0.25) is 0 Å². The first-order chi connectivity index (χ1) is 10.6. The van der Waals surface area contributed by atoms with Gasteiger partial charge in [0.15, 0.2) is 0 Å². The summed E-state index contributed by atoms with van der Waals surface area (Å²) in [7, 11) is 1.60. The molecule has 1 N–H and O–H groups in total. The fourth-order valence-corrected chi connectivity index (χ4v) is 2.80. The first kappa shape index (κ1) is 16.6. The lowest BCUT2D eigenvalue weighted by molar-refractivity contribution is 0.102. The van der Waals surface area contributed by atoms with Crippen LogP contribution in [0.4, 0.5) is 5.69 Å². The van der Waals surface area contributed by atoms with Crippen LogP contribution in [0.15, 0.2) is 46.9 Å². The van der Waals surface area contributed by atoms with Crippen molar-refractivity contribution in [1.82, 2.24) is 0 Å². The van der Waals surface area contributed by atoms with Gasteiger partial charge in [0.2, 0.25) is 0 Å². The van der Waals surface area contributed by atoms with Crippen LogP contribution in [-0.2, 0) is 0 Å². The Labute approximate surface area is 139 Å². The number of ether oxygens (including phenoxy) is 1. The van der Waals surface area contributed by atoms with E-state index in [0.29, 0.717) is 17.2 Å². The molecular formula is C18H20BrNO2. The monoisotopic (exact) mass is 361 g/mol. The molecule has 4 heteroatoms. The van der Waals surface area contributed by atoms with Gasteiger partial charge in [-0.15, -0.1) is 0 Å². The zero-order valence-electron chi connectivity index (χ0n) is 13.0. The molecule has 0 aliphatic heterocycles. The van der Waals surface area contributed by atoms with Crippen molar-refractivity contribution in [2.24, 2.45) is 0 Å². The second kappa shape index (κ2) is 7.45. The van der Waals surface area contributed by atoms with Gasteiger partial charge in [-0.05, 0) is 58.1 Å². The van der Waals surface area contributed by atoms with Gasteiger partial charge in [-0.25, -0.2) is 0 Å². The molecule has 1 amide bonds. The van der Waals surface area contributed by atoms with Crippen molar-refractivity contribution >= 4 is 27.5 Å². The topological polar surface area (TPSA) is 38.3 Å². The lowest BCUT2D eigenvalue weighted by atomic mass is 9.97. The minimum atomic E-state index is -0.126. The Morgan fingerprint density at radius 3 is 2.64 bits per heavy atom. The molecule has 22 heavy (non-hydrogen) atoms. The normalized spacial score (nSPS) is 11.8. The largest absolute Gasteiger partial charge is 0.496 e. The van der Waals surface area contributed by atoms with E-state index >= 15 is 0 Å². The van der Waals surface area contributed by atoms with E-state index in [4.69, 9.17) is 4.74 Å². The second-order valence-electron chi connectivity index (χ2n) is 5.20. The third kappa shape index (κ3) is 3.69. The van der Waals surface area contributed by atoms with Crippen molar-refractivity contribution in [2.45, 2.75) is 26.2 Å². The van der Waals surface area contributed by atoms with Crippen LogP contribution in [0.5, 0.6) is 5.75 Å². The smallest absolute Gasteiger partial charge is 0.255 e. The van der Waals surface area contributed by atoms with Crippen LogP contribution >= 0.6 is 15.9 Å². The molecule has 2 aromatic carbocycles. The zero-order valence-corrected chi connectivity index (χ0v) is 14.6. The summed E-state index contributed by atoms with van der Waals surface area (Å²) in [5.41, 5.74) is 2.62. The van der Waals surface area contributed by atoms with Crippen molar-refractivity contribution in [3.05, 3.63) is 58.1 Å². The predicted octanol–water partition coefficient (Wildman–Crippen LogP) is 5.22. The van der Waals surface area contributed by atoms with Gasteiger partial charge in [0.05, 0.1) is 11.6 Å². The highest BCUT2D eigenvalue weighted by Gasteiger charge is 2.13. The number of carbonyl (C=O) groups is 1. The quantitative estimate of drug-likeness (QED) is 0.792. The Kier molecular flexibility index (Phi) is 5.61. The van der Waals surface area contributed by atoms with Crippen molar-refractivity contribution in [3.8, 4) is 5.75 Å². The van der Waals surface area contributed by atoms with Crippen LogP contribution < -0.4 is 10.1 Å². The lowest BCUT2D eigenvalue weighted by Crippen LogP contribution is -2.14. The van der Waals surface area contributed by atoms with Gasteiger partial charge < -0.3 is 10.1 Å². The number of methoxy groups -OCH3 is 1. The minimum Gasteiger partial charge on any atom is -0.496 e. The van der Waals surface area contributed by atoms with Gasteiger partial charge in [-0.3, -0.25) is 4.79 Å².